The molecule has 3 heterocycles. The van der Waals surface area contributed by atoms with Gasteiger partial charge in [0.1, 0.15) is 0 Å². The molecule has 4 heteroatoms. The molecular formula is C94H84BN3. The van der Waals surface area contributed by atoms with Crippen LogP contribution in [0.15, 0.2) is 291 Å². The summed E-state index contributed by atoms with van der Waals surface area (Å²) < 4.78 is 69.3. The molecule has 0 unspecified atom stereocenters. The maximum absolute atomic E-state index is 10.1. The number of rotatable bonds is 9. The van der Waals surface area contributed by atoms with E-state index >= 15 is 0 Å². The van der Waals surface area contributed by atoms with E-state index in [0.29, 0.717) is 5.69 Å². The van der Waals surface area contributed by atoms with Gasteiger partial charge in [0, 0.05) is 55.8 Å². The summed E-state index contributed by atoms with van der Waals surface area (Å²) in [6, 6.07) is 88.1. The van der Waals surface area contributed by atoms with Crippen molar-refractivity contribution in [1.29, 1.82) is 0 Å². The molecule has 478 valence electrons. The quantitative estimate of drug-likeness (QED) is 0.133. The van der Waals surface area contributed by atoms with Crippen molar-refractivity contribution in [2.75, 3.05) is 9.80 Å². The lowest BCUT2D eigenvalue weighted by Gasteiger charge is -2.46. The van der Waals surface area contributed by atoms with Gasteiger partial charge in [0.2, 0.25) is 0 Å². The van der Waals surface area contributed by atoms with Crippen LogP contribution in [0.4, 0.5) is 34.1 Å². The predicted octanol–water partition coefficient (Wildman–Crippen LogP) is 24.1. The Bertz CT molecular complexity index is 5390. The lowest BCUT2D eigenvalue weighted by molar-refractivity contribution is 0.590. The lowest BCUT2D eigenvalue weighted by atomic mass is 9.33. The minimum absolute atomic E-state index is 0.127. The molecule has 14 aromatic rings. The van der Waals surface area contributed by atoms with Crippen LogP contribution in [0.1, 0.15) is 115 Å². The van der Waals surface area contributed by atoms with Crippen LogP contribution in [0.3, 0.4) is 0 Å². The summed E-state index contributed by atoms with van der Waals surface area (Å²) in [7, 11) is 0. The van der Waals surface area contributed by atoms with Crippen LogP contribution in [0.25, 0.3) is 94.3 Å². The summed E-state index contributed by atoms with van der Waals surface area (Å²) in [5.41, 5.74) is 25.7. The Kier molecular flexibility index (Phi) is 13.1. The van der Waals surface area contributed by atoms with Gasteiger partial charge in [-0.15, -0.1) is 0 Å². The molecule has 16 rings (SSSR count). The van der Waals surface area contributed by atoms with Crippen LogP contribution in [0, 0.1) is 0 Å². The first-order valence-electron chi connectivity index (χ1n) is 37.9. The summed E-state index contributed by atoms with van der Waals surface area (Å²) in [6.07, 6.45) is 0. The number of fused-ring (bicyclic) bond motifs is 7. The van der Waals surface area contributed by atoms with Crippen LogP contribution in [-0.2, 0) is 21.7 Å². The van der Waals surface area contributed by atoms with Crippen molar-refractivity contribution in [3.8, 4) is 72.4 Å². The van der Waals surface area contributed by atoms with Crippen molar-refractivity contribution in [2.24, 2.45) is 0 Å². The minimum atomic E-state index is -0.440. The zero-order valence-electron chi connectivity index (χ0n) is 65.1. The van der Waals surface area contributed by atoms with E-state index in [9.17, 15) is 9.60 Å². The molecule has 1 aromatic heterocycles. The van der Waals surface area contributed by atoms with E-state index in [0.717, 1.165) is 117 Å². The Labute approximate surface area is 590 Å². The zero-order valence-corrected chi connectivity index (χ0v) is 58.1. The van der Waals surface area contributed by atoms with Crippen molar-refractivity contribution in [3.05, 3.63) is 313 Å². The lowest BCUT2D eigenvalue weighted by Crippen LogP contribution is -2.61. The highest BCUT2D eigenvalue weighted by atomic mass is 15.2. The molecule has 0 spiro atoms. The summed E-state index contributed by atoms with van der Waals surface area (Å²) in [5, 5.41) is 0.452. The van der Waals surface area contributed by atoms with Gasteiger partial charge in [-0.3, -0.25) is 0 Å². The molecule has 3 nitrogen and oxygen atoms in total. The maximum Gasteiger partial charge on any atom is 0.252 e. The largest absolute Gasteiger partial charge is 0.310 e. The van der Waals surface area contributed by atoms with Gasteiger partial charge in [0.15, 0.2) is 0 Å². The second kappa shape index (κ2) is 23.6. The van der Waals surface area contributed by atoms with Gasteiger partial charge in [-0.2, -0.15) is 0 Å². The van der Waals surface area contributed by atoms with E-state index in [1.54, 1.807) is 0 Å². The zero-order chi connectivity index (χ0) is 73.7. The number of hydrogen-bond acceptors (Lipinski definition) is 2. The number of benzene rings is 13. The fraction of sp³-hybridized carbons (Fsp3) is 0.170. The van der Waals surface area contributed by atoms with Gasteiger partial charge in [-0.25, -0.2) is 0 Å². The number of hydrogen-bond donors (Lipinski definition) is 0. The topological polar surface area (TPSA) is 11.4 Å². The third-order valence-corrected chi connectivity index (χ3v) is 20.4. The van der Waals surface area contributed by atoms with Crippen LogP contribution in [0.2, 0.25) is 0 Å². The van der Waals surface area contributed by atoms with Gasteiger partial charge < -0.3 is 14.4 Å². The van der Waals surface area contributed by atoms with Crippen LogP contribution < -0.4 is 26.2 Å². The molecular weight excluding hydrogens is 1180 g/mol. The Morgan fingerprint density at radius 2 is 0.622 bits per heavy atom. The number of nitrogens with zero attached hydrogens (tertiary/aromatic N) is 3. The molecule has 0 radical (unpaired) electrons. The van der Waals surface area contributed by atoms with E-state index < -0.39 is 18.8 Å². The van der Waals surface area contributed by atoms with E-state index in [1.165, 1.54) is 28.3 Å². The van der Waals surface area contributed by atoms with Crippen molar-refractivity contribution in [3.63, 3.8) is 0 Å². The molecule has 2 aliphatic rings. The summed E-state index contributed by atoms with van der Waals surface area (Å²) in [5.74, 6) is 0. The molecule has 0 atom stereocenters. The molecule has 13 aromatic carbocycles. The second-order valence-corrected chi connectivity index (χ2v) is 30.9. The predicted molar refractivity (Wildman–Crippen MR) is 422 cm³/mol. The first kappa shape index (κ1) is 54.4. The van der Waals surface area contributed by atoms with Crippen molar-refractivity contribution in [2.45, 2.75) is 105 Å². The highest BCUT2D eigenvalue weighted by Crippen LogP contribution is 2.55. The van der Waals surface area contributed by atoms with E-state index in [2.05, 4.69) is 336 Å². The Hall–Kier alpha value is -10.7. The van der Waals surface area contributed by atoms with E-state index in [1.807, 2.05) is 4.57 Å². The Morgan fingerprint density at radius 3 is 0.990 bits per heavy atom. The van der Waals surface area contributed by atoms with Crippen molar-refractivity contribution < 1.29 is 9.60 Å². The highest BCUT2D eigenvalue weighted by Gasteiger charge is 2.46. The standard InChI is InChI=1S/C94H84BN3/c1-91(2,3)69-47-37-63(38-48-69)74-31-23-32-75(64-39-49-70(50-40-64)92(4,5)6)89(74)97-84-57-67(61-25-15-13-16-26-61)45-55-80(84)95-81-56-46-68(62-27-17-14-18-28-62)58-85(81)98(87-60-73(59-86(97)88(87)95)96-82-35-21-19-29-78(82)79-30-20-22-36-83(79)96)90-76(65-41-51-71(52-42-65)93(7,8)9)33-24-34-77(90)66-43-53-72(54-44-66)94(10,11)12/h13-60H,1-12H3/i19D,20D,21D,22D,29D,35D,36D. The molecule has 0 amide bonds. The number of aromatic nitrogens is 1. The first-order valence-corrected chi connectivity index (χ1v) is 34.4. The molecule has 0 fully saturated rings. The smallest absolute Gasteiger partial charge is 0.252 e. The average Bonchev–Trinajstić information content (AvgIpc) is 1.65. The minimum Gasteiger partial charge on any atom is -0.310 e. The molecule has 0 saturated heterocycles. The van der Waals surface area contributed by atoms with Crippen molar-refractivity contribution >= 4 is 79.0 Å². The Morgan fingerprint density at radius 1 is 0.286 bits per heavy atom. The summed E-state index contributed by atoms with van der Waals surface area (Å²) >= 11 is 0. The number of para-hydroxylation sites is 4. The summed E-state index contributed by atoms with van der Waals surface area (Å²) in [6.45, 7) is 26.5. The van der Waals surface area contributed by atoms with Gasteiger partial charge in [0.05, 0.1) is 37.7 Å². The van der Waals surface area contributed by atoms with Gasteiger partial charge in [-0.1, -0.05) is 338 Å². The molecule has 0 aliphatic carbocycles. The maximum atomic E-state index is 10.1. The fourth-order valence-corrected chi connectivity index (χ4v) is 15.1. The van der Waals surface area contributed by atoms with E-state index in [4.69, 9.17) is 0 Å². The van der Waals surface area contributed by atoms with Crippen LogP contribution in [-0.4, -0.2) is 11.3 Å². The normalized spacial score (nSPS) is 14.0. The first-order chi connectivity index (χ1) is 50.0. The molecule has 0 saturated carbocycles. The van der Waals surface area contributed by atoms with Gasteiger partial charge >= 0.3 is 0 Å². The third kappa shape index (κ3) is 10.8. The van der Waals surface area contributed by atoms with E-state index in [-0.39, 0.29) is 73.7 Å². The highest BCUT2D eigenvalue weighted by molar-refractivity contribution is 7.00. The van der Waals surface area contributed by atoms with Crippen molar-refractivity contribution in [1.82, 2.24) is 4.57 Å². The van der Waals surface area contributed by atoms with Gasteiger partial charge in [0.25, 0.3) is 6.71 Å². The average molecular weight is 1270 g/mol. The van der Waals surface area contributed by atoms with Crippen LogP contribution in [0.5, 0.6) is 0 Å². The number of anilines is 6. The molecule has 0 bridgehead atoms. The Balaban J connectivity index is 1.14. The third-order valence-electron chi connectivity index (χ3n) is 20.4. The second-order valence-electron chi connectivity index (χ2n) is 30.9. The fourth-order valence-electron chi connectivity index (χ4n) is 15.1. The van der Waals surface area contributed by atoms with Gasteiger partial charge in [-0.05, 0) is 141 Å². The SMILES string of the molecule is [2H]c1cc2c3c([2H])c([2H])c([2H])c([2H])c3n(-c3cc4c5c(c3)N(c3c(-c6ccc(C(C)(C)C)cc6)cccc3-c3ccc(C(C)(C)C)cc3)c3cc(-c6ccccc6)ccc3B5c3ccc(-c5ccccc5)cc3N4c3c(-c4ccc(C(C)(C)C)cc4)cccc3-c3ccc(C(C)(C)C)cc3)c2c([2H])c1[2H]. The monoisotopic (exact) mass is 1270 g/mol. The summed E-state index contributed by atoms with van der Waals surface area (Å²) in [4.78, 5) is 4.96. The molecule has 2 aliphatic heterocycles. The molecule has 0 N–H and O–H groups in total. The molecule has 98 heavy (non-hydrogen) atoms. The van der Waals surface area contributed by atoms with Crippen LogP contribution >= 0.6 is 0 Å².